The number of sulfone groups is 1. The molecule has 1 aliphatic rings. The van der Waals surface area contributed by atoms with Crippen molar-refractivity contribution in [2.75, 3.05) is 11.5 Å². The molecule has 0 N–H and O–H groups in total. The minimum atomic E-state index is -3.14. The molecule has 5 nitrogen and oxygen atoms in total. The molecule has 0 bridgehead atoms. The lowest BCUT2D eigenvalue weighted by molar-refractivity contribution is -0.133. The summed E-state index contributed by atoms with van der Waals surface area (Å²) in [4.78, 5) is 14.7. The van der Waals surface area contributed by atoms with Crippen molar-refractivity contribution in [1.29, 1.82) is 0 Å². The third-order valence-electron chi connectivity index (χ3n) is 5.28. The van der Waals surface area contributed by atoms with E-state index in [1.54, 1.807) is 29.2 Å². The van der Waals surface area contributed by atoms with E-state index in [0.717, 1.165) is 11.1 Å². The van der Waals surface area contributed by atoms with Crippen LogP contribution in [0, 0.1) is 5.82 Å². The zero-order valence-corrected chi connectivity index (χ0v) is 17.1. The van der Waals surface area contributed by atoms with Crippen LogP contribution in [0.2, 0.25) is 0 Å². The predicted molar refractivity (Wildman–Crippen MR) is 112 cm³/mol. The second-order valence-electron chi connectivity index (χ2n) is 7.51. The number of carbonyl (C=O) groups is 1. The third-order valence-corrected chi connectivity index (χ3v) is 7.03. The average molecular weight is 427 g/mol. The molecule has 4 rings (SSSR count). The Kier molecular flexibility index (Phi) is 5.72. The Morgan fingerprint density at radius 2 is 1.77 bits per heavy atom. The second-order valence-corrected chi connectivity index (χ2v) is 9.74. The monoisotopic (exact) mass is 427 g/mol. The molecular formula is C23H22FNO4S. The normalized spacial score (nSPS) is 17.7. The van der Waals surface area contributed by atoms with Crippen LogP contribution in [0.15, 0.2) is 71.1 Å². The summed E-state index contributed by atoms with van der Waals surface area (Å²) in [6, 6.07) is 18.5. The van der Waals surface area contributed by atoms with Crippen molar-refractivity contribution < 1.29 is 22.0 Å². The standard InChI is InChI=1S/C23H22FNO4S/c24-19-8-6-18(7-9-19)22-11-10-21(29-22)15-25(20-12-13-30(27,28)16-20)23(26)14-17-4-2-1-3-5-17/h1-11,20H,12-16H2. The van der Waals surface area contributed by atoms with Crippen molar-refractivity contribution >= 4 is 15.7 Å². The molecule has 1 amide bonds. The van der Waals surface area contributed by atoms with Gasteiger partial charge in [0, 0.05) is 11.6 Å². The molecule has 1 atom stereocenters. The quantitative estimate of drug-likeness (QED) is 0.599. The maximum atomic E-state index is 13.2. The number of furan rings is 1. The Labute approximate surface area is 175 Å². The molecule has 3 aromatic rings. The van der Waals surface area contributed by atoms with Crippen LogP contribution >= 0.6 is 0 Å². The molecule has 0 radical (unpaired) electrons. The first-order valence-electron chi connectivity index (χ1n) is 9.78. The molecular weight excluding hydrogens is 405 g/mol. The molecule has 156 valence electrons. The Balaban J connectivity index is 1.55. The molecule has 2 aromatic carbocycles. The fraction of sp³-hybridized carbons (Fsp3) is 0.261. The zero-order chi connectivity index (χ0) is 21.1. The summed E-state index contributed by atoms with van der Waals surface area (Å²) in [5, 5.41) is 0. The maximum absolute atomic E-state index is 13.2. The van der Waals surface area contributed by atoms with Crippen molar-refractivity contribution in [1.82, 2.24) is 4.90 Å². The van der Waals surface area contributed by atoms with E-state index in [0.29, 0.717) is 17.9 Å². The van der Waals surface area contributed by atoms with E-state index in [4.69, 9.17) is 4.42 Å². The summed E-state index contributed by atoms with van der Waals surface area (Å²) in [6.07, 6.45) is 0.622. The fourth-order valence-electron chi connectivity index (χ4n) is 3.71. The van der Waals surface area contributed by atoms with Crippen LogP contribution < -0.4 is 0 Å². The minimum absolute atomic E-state index is 0.0287. The largest absolute Gasteiger partial charge is 0.459 e. The van der Waals surface area contributed by atoms with Gasteiger partial charge in [0.25, 0.3) is 0 Å². The van der Waals surface area contributed by atoms with E-state index in [2.05, 4.69) is 0 Å². The van der Waals surface area contributed by atoms with Gasteiger partial charge in [-0.15, -0.1) is 0 Å². The number of halogens is 1. The molecule has 2 heterocycles. The molecule has 0 spiro atoms. The van der Waals surface area contributed by atoms with Gasteiger partial charge >= 0.3 is 0 Å². The molecule has 1 aromatic heterocycles. The highest BCUT2D eigenvalue weighted by Crippen LogP contribution is 2.26. The van der Waals surface area contributed by atoms with Crippen LogP contribution in [-0.2, 0) is 27.6 Å². The summed E-state index contributed by atoms with van der Waals surface area (Å²) in [7, 11) is -3.14. The fourth-order valence-corrected chi connectivity index (χ4v) is 5.44. The summed E-state index contributed by atoms with van der Waals surface area (Å²) in [5.41, 5.74) is 1.60. The van der Waals surface area contributed by atoms with Crippen LogP contribution in [-0.4, -0.2) is 36.8 Å². The number of hydrogen-bond donors (Lipinski definition) is 0. The van der Waals surface area contributed by atoms with E-state index < -0.39 is 9.84 Å². The Morgan fingerprint density at radius 3 is 2.43 bits per heavy atom. The third kappa shape index (κ3) is 4.79. The first kappa shape index (κ1) is 20.3. The van der Waals surface area contributed by atoms with Gasteiger partial charge in [-0.05, 0) is 48.4 Å². The van der Waals surface area contributed by atoms with E-state index in [-0.39, 0.29) is 42.2 Å². The molecule has 1 fully saturated rings. The van der Waals surface area contributed by atoms with E-state index in [9.17, 15) is 17.6 Å². The number of rotatable bonds is 6. The van der Waals surface area contributed by atoms with Gasteiger partial charge in [0.05, 0.1) is 24.5 Å². The highest BCUT2D eigenvalue weighted by molar-refractivity contribution is 7.91. The van der Waals surface area contributed by atoms with Gasteiger partial charge in [-0.1, -0.05) is 30.3 Å². The molecule has 30 heavy (non-hydrogen) atoms. The van der Waals surface area contributed by atoms with Gasteiger partial charge < -0.3 is 9.32 Å². The summed E-state index contributed by atoms with van der Waals surface area (Å²) in [6.45, 7) is 0.188. The molecule has 1 aliphatic heterocycles. The number of amides is 1. The topological polar surface area (TPSA) is 67.6 Å². The van der Waals surface area contributed by atoms with Gasteiger partial charge in [0.2, 0.25) is 5.91 Å². The number of carbonyl (C=O) groups excluding carboxylic acids is 1. The SMILES string of the molecule is O=C(Cc1ccccc1)N(Cc1ccc(-c2ccc(F)cc2)o1)C1CCS(=O)(=O)C1. The zero-order valence-electron chi connectivity index (χ0n) is 16.3. The summed E-state index contributed by atoms with van der Waals surface area (Å²) >= 11 is 0. The Hall–Kier alpha value is -2.93. The molecule has 1 unspecified atom stereocenters. The first-order chi connectivity index (χ1) is 14.4. The predicted octanol–water partition coefficient (Wildman–Crippen LogP) is 3.84. The summed E-state index contributed by atoms with van der Waals surface area (Å²) < 4.78 is 43.1. The highest BCUT2D eigenvalue weighted by Gasteiger charge is 2.35. The van der Waals surface area contributed by atoms with Crippen LogP contribution in [0.5, 0.6) is 0 Å². The number of nitrogens with zero attached hydrogens (tertiary/aromatic N) is 1. The smallest absolute Gasteiger partial charge is 0.227 e. The number of benzene rings is 2. The first-order valence-corrected chi connectivity index (χ1v) is 11.6. The maximum Gasteiger partial charge on any atom is 0.227 e. The Bertz CT molecular complexity index is 1120. The molecule has 0 saturated carbocycles. The van der Waals surface area contributed by atoms with Crippen LogP contribution in [0.25, 0.3) is 11.3 Å². The lowest BCUT2D eigenvalue weighted by Crippen LogP contribution is -2.41. The van der Waals surface area contributed by atoms with Crippen LogP contribution in [0.4, 0.5) is 4.39 Å². The molecule has 1 saturated heterocycles. The van der Waals surface area contributed by atoms with Gasteiger partial charge in [-0.3, -0.25) is 4.79 Å². The minimum Gasteiger partial charge on any atom is -0.459 e. The molecule has 0 aliphatic carbocycles. The van der Waals surface area contributed by atoms with Gasteiger partial charge in [0.1, 0.15) is 17.3 Å². The van der Waals surface area contributed by atoms with Gasteiger partial charge in [-0.2, -0.15) is 0 Å². The highest BCUT2D eigenvalue weighted by atomic mass is 32.2. The van der Waals surface area contributed by atoms with E-state index in [1.807, 2.05) is 30.3 Å². The number of hydrogen-bond acceptors (Lipinski definition) is 4. The molecule has 7 heteroatoms. The van der Waals surface area contributed by atoms with Crippen LogP contribution in [0.3, 0.4) is 0 Å². The average Bonchev–Trinajstić information content (AvgIpc) is 3.33. The van der Waals surface area contributed by atoms with E-state index >= 15 is 0 Å². The van der Waals surface area contributed by atoms with Crippen molar-refractivity contribution in [2.45, 2.75) is 25.4 Å². The summed E-state index contributed by atoms with van der Waals surface area (Å²) in [5.74, 6) is 0.721. The van der Waals surface area contributed by atoms with E-state index in [1.165, 1.54) is 12.1 Å². The van der Waals surface area contributed by atoms with Gasteiger partial charge in [0.15, 0.2) is 9.84 Å². The van der Waals surface area contributed by atoms with Gasteiger partial charge in [-0.25, -0.2) is 12.8 Å². The Morgan fingerprint density at radius 1 is 1.03 bits per heavy atom. The lowest BCUT2D eigenvalue weighted by atomic mass is 10.1. The van der Waals surface area contributed by atoms with Crippen molar-refractivity contribution in [3.63, 3.8) is 0 Å². The second kappa shape index (κ2) is 8.44. The van der Waals surface area contributed by atoms with Crippen LogP contribution in [0.1, 0.15) is 17.7 Å². The van der Waals surface area contributed by atoms with Crippen molar-refractivity contribution in [3.05, 3.63) is 83.9 Å². The van der Waals surface area contributed by atoms with Crippen molar-refractivity contribution in [3.8, 4) is 11.3 Å². The lowest BCUT2D eigenvalue weighted by Gasteiger charge is -2.27. The van der Waals surface area contributed by atoms with Crippen molar-refractivity contribution in [2.24, 2.45) is 0 Å².